The smallest absolute Gasteiger partial charge is 0.408 e. The number of carbonyl (C=O) groups is 1. The minimum atomic E-state index is -0.519. The SMILES string of the molecule is CCC(CC)(CNC(=NC)NCCc1nc(C)c(C)s1)NC(=O)OC(C)(C)C.I. The molecule has 1 aromatic heterocycles. The van der Waals surface area contributed by atoms with Crippen LogP contribution in [-0.2, 0) is 11.2 Å². The molecular formula is C20H38IN5O2S. The van der Waals surface area contributed by atoms with E-state index in [0.717, 1.165) is 36.5 Å². The van der Waals surface area contributed by atoms with Crippen molar-refractivity contribution in [3.8, 4) is 0 Å². The lowest BCUT2D eigenvalue weighted by molar-refractivity contribution is 0.0448. The molecule has 9 heteroatoms. The summed E-state index contributed by atoms with van der Waals surface area (Å²) in [4.78, 5) is 22.4. The number of alkyl carbamates (subject to hydrolysis) is 1. The predicted molar refractivity (Wildman–Crippen MR) is 133 cm³/mol. The molecule has 0 aliphatic heterocycles. The summed E-state index contributed by atoms with van der Waals surface area (Å²) in [6, 6.07) is 0. The van der Waals surface area contributed by atoms with Crippen molar-refractivity contribution >= 4 is 47.4 Å². The van der Waals surface area contributed by atoms with Crippen molar-refractivity contribution < 1.29 is 9.53 Å². The van der Waals surface area contributed by atoms with E-state index in [4.69, 9.17) is 4.74 Å². The van der Waals surface area contributed by atoms with Gasteiger partial charge in [-0.1, -0.05) is 13.8 Å². The van der Waals surface area contributed by atoms with Crippen molar-refractivity contribution in [3.63, 3.8) is 0 Å². The number of aryl methyl sites for hydroxylation is 2. The van der Waals surface area contributed by atoms with Crippen LogP contribution in [0.4, 0.5) is 4.79 Å². The Balaban J connectivity index is 0.00000784. The van der Waals surface area contributed by atoms with Crippen LogP contribution in [0.1, 0.15) is 63.0 Å². The van der Waals surface area contributed by atoms with Gasteiger partial charge in [-0.2, -0.15) is 0 Å². The molecule has 0 unspecified atom stereocenters. The second-order valence-electron chi connectivity index (χ2n) is 7.97. The van der Waals surface area contributed by atoms with E-state index in [1.54, 1.807) is 18.4 Å². The maximum Gasteiger partial charge on any atom is 0.408 e. The number of aliphatic imine (C=N–C) groups is 1. The minimum Gasteiger partial charge on any atom is -0.444 e. The third-order valence-electron chi connectivity index (χ3n) is 4.64. The predicted octanol–water partition coefficient (Wildman–Crippen LogP) is 4.17. The number of halogens is 1. The molecule has 0 saturated carbocycles. The molecule has 0 aromatic carbocycles. The van der Waals surface area contributed by atoms with E-state index in [-0.39, 0.29) is 24.0 Å². The lowest BCUT2D eigenvalue weighted by atomic mass is 9.93. The van der Waals surface area contributed by atoms with Gasteiger partial charge in [0.2, 0.25) is 0 Å². The Morgan fingerprint density at radius 3 is 2.24 bits per heavy atom. The first-order valence-corrected chi connectivity index (χ1v) is 10.7. The van der Waals surface area contributed by atoms with Gasteiger partial charge in [-0.3, -0.25) is 4.99 Å². The summed E-state index contributed by atoms with van der Waals surface area (Å²) in [5.74, 6) is 0.710. The largest absolute Gasteiger partial charge is 0.444 e. The van der Waals surface area contributed by atoms with Crippen LogP contribution in [0.2, 0.25) is 0 Å². The molecule has 0 saturated heterocycles. The fourth-order valence-corrected chi connectivity index (χ4v) is 3.58. The zero-order valence-corrected chi connectivity index (χ0v) is 22.2. The zero-order valence-electron chi connectivity index (χ0n) is 19.1. The van der Waals surface area contributed by atoms with Crippen LogP contribution in [-0.4, -0.2) is 48.3 Å². The van der Waals surface area contributed by atoms with Crippen molar-refractivity contribution in [2.75, 3.05) is 20.1 Å². The summed E-state index contributed by atoms with van der Waals surface area (Å²) in [5.41, 5.74) is 0.185. The standard InChI is InChI=1S/C20H37N5O2S.HI/c1-9-20(10-2,25-18(26)27-19(5,6)7)13-23-17(21-8)22-12-11-16-24-14(3)15(4)28-16;/h9-13H2,1-8H3,(H,25,26)(H2,21,22,23);1H. The summed E-state index contributed by atoms with van der Waals surface area (Å²) in [6.45, 7) is 15.2. The van der Waals surface area contributed by atoms with E-state index in [1.165, 1.54) is 4.88 Å². The van der Waals surface area contributed by atoms with Crippen LogP contribution >= 0.6 is 35.3 Å². The van der Waals surface area contributed by atoms with Crippen molar-refractivity contribution in [2.24, 2.45) is 4.99 Å². The molecule has 0 bridgehead atoms. The number of hydrogen-bond acceptors (Lipinski definition) is 5. The highest BCUT2D eigenvalue weighted by Gasteiger charge is 2.30. The second kappa shape index (κ2) is 12.6. The number of hydrogen-bond donors (Lipinski definition) is 3. The zero-order chi connectivity index (χ0) is 21.4. The van der Waals surface area contributed by atoms with Gasteiger partial charge >= 0.3 is 6.09 Å². The summed E-state index contributed by atoms with van der Waals surface area (Å²) in [6.07, 6.45) is 2.02. The van der Waals surface area contributed by atoms with Gasteiger partial charge in [0.15, 0.2) is 5.96 Å². The molecule has 0 aliphatic carbocycles. The summed E-state index contributed by atoms with van der Waals surface area (Å²) in [7, 11) is 1.74. The van der Waals surface area contributed by atoms with Crippen molar-refractivity contribution in [3.05, 3.63) is 15.6 Å². The van der Waals surface area contributed by atoms with Gasteiger partial charge < -0.3 is 20.7 Å². The number of thiazole rings is 1. The Labute approximate surface area is 196 Å². The fourth-order valence-electron chi connectivity index (χ4n) is 2.65. The second-order valence-corrected chi connectivity index (χ2v) is 9.25. The first-order chi connectivity index (χ1) is 13.0. The lowest BCUT2D eigenvalue weighted by Gasteiger charge is -2.34. The summed E-state index contributed by atoms with van der Waals surface area (Å²) in [5, 5.41) is 10.8. The monoisotopic (exact) mass is 539 g/mol. The molecule has 1 heterocycles. The highest BCUT2D eigenvalue weighted by molar-refractivity contribution is 14.0. The van der Waals surface area contributed by atoms with Crippen molar-refractivity contribution in [1.29, 1.82) is 0 Å². The van der Waals surface area contributed by atoms with Crippen LogP contribution in [0.3, 0.4) is 0 Å². The Morgan fingerprint density at radius 1 is 1.17 bits per heavy atom. The normalized spacial score (nSPS) is 12.2. The molecule has 0 radical (unpaired) electrons. The van der Waals surface area contributed by atoms with Crippen LogP contribution < -0.4 is 16.0 Å². The number of guanidine groups is 1. The molecule has 1 aromatic rings. The Bertz CT molecular complexity index is 647. The maximum absolute atomic E-state index is 12.3. The number of amides is 1. The van der Waals surface area contributed by atoms with E-state index < -0.39 is 17.2 Å². The topological polar surface area (TPSA) is 87.6 Å². The number of carbonyl (C=O) groups excluding carboxylic acids is 1. The average Bonchev–Trinajstić information content (AvgIpc) is 2.92. The molecule has 29 heavy (non-hydrogen) atoms. The van der Waals surface area contributed by atoms with Gasteiger partial charge in [0.25, 0.3) is 0 Å². The Morgan fingerprint density at radius 2 is 1.79 bits per heavy atom. The van der Waals surface area contributed by atoms with Gasteiger partial charge in [0.1, 0.15) is 5.60 Å². The molecule has 1 amide bonds. The summed E-state index contributed by atoms with van der Waals surface area (Å²) >= 11 is 1.74. The molecule has 7 nitrogen and oxygen atoms in total. The Hall–Kier alpha value is -1.10. The molecule has 1 rings (SSSR count). The van der Waals surface area contributed by atoms with Gasteiger partial charge in [0.05, 0.1) is 16.2 Å². The van der Waals surface area contributed by atoms with Crippen molar-refractivity contribution in [1.82, 2.24) is 20.9 Å². The average molecular weight is 540 g/mol. The molecule has 0 fully saturated rings. The van der Waals surface area contributed by atoms with Gasteiger partial charge in [-0.15, -0.1) is 35.3 Å². The van der Waals surface area contributed by atoms with E-state index in [2.05, 4.69) is 46.7 Å². The summed E-state index contributed by atoms with van der Waals surface area (Å²) < 4.78 is 5.43. The van der Waals surface area contributed by atoms with Gasteiger partial charge in [-0.05, 0) is 47.5 Å². The maximum atomic E-state index is 12.3. The highest BCUT2D eigenvalue weighted by atomic mass is 127. The fraction of sp³-hybridized carbons (Fsp3) is 0.750. The number of rotatable bonds is 8. The van der Waals surface area contributed by atoms with Crippen LogP contribution in [0.5, 0.6) is 0 Å². The Kier molecular flexibility index (Phi) is 12.1. The van der Waals surface area contributed by atoms with E-state index in [9.17, 15) is 4.79 Å². The van der Waals surface area contributed by atoms with Crippen LogP contribution in [0, 0.1) is 13.8 Å². The molecule has 0 spiro atoms. The molecular weight excluding hydrogens is 501 g/mol. The first-order valence-electron chi connectivity index (χ1n) is 9.92. The van der Waals surface area contributed by atoms with Crippen LogP contribution in [0.15, 0.2) is 4.99 Å². The molecule has 3 N–H and O–H groups in total. The quantitative estimate of drug-likeness (QED) is 0.262. The van der Waals surface area contributed by atoms with Crippen LogP contribution in [0.25, 0.3) is 0 Å². The number of aromatic nitrogens is 1. The van der Waals surface area contributed by atoms with E-state index in [1.807, 2.05) is 27.7 Å². The first kappa shape index (κ1) is 27.9. The van der Waals surface area contributed by atoms with Crippen molar-refractivity contribution in [2.45, 2.75) is 78.9 Å². The van der Waals surface area contributed by atoms with Gasteiger partial charge in [-0.25, -0.2) is 9.78 Å². The van der Waals surface area contributed by atoms with E-state index >= 15 is 0 Å². The number of ether oxygens (including phenoxy) is 1. The number of nitrogens with one attached hydrogen (secondary N) is 3. The third-order valence-corrected chi connectivity index (χ3v) is 5.77. The third kappa shape index (κ3) is 9.97. The molecule has 0 aliphatic rings. The molecule has 168 valence electrons. The van der Waals surface area contributed by atoms with E-state index in [0.29, 0.717) is 12.5 Å². The number of nitrogens with zero attached hydrogens (tertiary/aromatic N) is 2. The lowest BCUT2D eigenvalue weighted by Crippen LogP contribution is -2.57. The highest BCUT2D eigenvalue weighted by Crippen LogP contribution is 2.17. The molecule has 0 atom stereocenters. The minimum absolute atomic E-state index is 0. The van der Waals surface area contributed by atoms with Gasteiger partial charge in [0, 0.05) is 31.4 Å².